The van der Waals surface area contributed by atoms with E-state index in [0.29, 0.717) is 5.56 Å². The molecule has 0 atom stereocenters. The average molecular weight is 161 g/mol. The van der Waals surface area contributed by atoms with Crippen LogP contribution in [-0.4, -0.2) is 19.1 Å². The molecule has 0 N–H and O–H groups in total. The average Bonchev–Trinajstić information content (AvgIpc) is 2.03. The Bertz CT molecular complexity index is 323. The molecule has 0 unspecified atom stereocenters. The number of aryl methyl sites for hydroxylation is 1. The van der Waals surface area contributed by atoms with Crippen LogP contribution in [0.1, 0.15) is 11.1 Å². The summed E-state index contributed by atoms with van der Waals surface area (Å²) in [6, 6.07) is 3.98. The summed E-state index contributed by atoms with van der Waals surface area (Å²) in [6.45, 7) is 1.91. The molecular formula is C9H11N3. The highest BCUT2D eigenvalue weighted by Gasteiger charge is 2.06. The van der Waals surface area contributed by atoms with Crippen molar-refractivity contribution in [2.75, 3.05) is 19.0 Å². The van der Waals surface area contributed by atoms with Crippen LogP contribution in [0.2, 0.25) is 0 Å². The zero-order chi connectivity index (χ0) is 9.14. The van der Waals surface area contributed by atoms with Gasteiger partial charge in [0.2, 0.25) is 0 Å². The highest BCUT2D eigenvalue weighted by atomic mass is 15.1. The van der Waals surface area contributed by atoms with E-state index in [0.717, 1.165) is 11.4 Å². The zero-order valence-electron chi connectivity index (χ0n) is 7.50. The van der Waals surface area contributed by atoms with E-state index in [2.05, 4.69) is 11.1 Å². The molecule has 3 heteroatoms. The van der Waals surface area contributed by atoms with Gasteiger partial charge in [-0.25, -0.2) is 4.98 Å². The summed E-state index contributed by atoms with van der Waals surface area (Å²) in [7, 11) is 3.76. The molecule has 3 nitrogen and oxygen atoms in total. The van der Waals surface area contributed by atoms with Crippen LogP contribution in [0.15, 0.2) is 12.3 Å². The second kappa shape index (κ2) is 3.22. The predicted octanol–water partition coefficient (Wildman–Crippen LogP) is 1.33. The predicted molar refractivity (Wildman–Crippen MR) is 48.0 cm³/mol. The van der Waals surface area contributed by atoms with E-state index in [1.807, 2.05) is 32.0 Å². The Balaban J connectivity index is 3.30. The van der Waals surface area contributed by atoms with Gasteiger partial charge in [-0.3, -0.25) is 0 Å². The first-order chi connectivity index (χ1) is 5.66. The molecule has 1 aromatic heterocycles. The van der Waals surface area contributed by atoms with Gasteiger partial charge in [-0.15, -0.1) is 0 Å². The van der Waals surface area contributed by atoms with E-state index >= 15 is 0 Å². The van der Waals surface area contributed by atoms with Crippen LogP contribution in [0.3, 0.4) is 0 Å². The van der Waals surface area contributed by atoms with E-state index in [1.165, 1.54) is 0 Å². The maximum Gasteiger partial charge on any atom is 0.146 e. The minimum absolute atomic E-state index is 0.655. The molecule has 0 bridgehead atoms. The number of hydrogen-bond donors (Lipinski definition) is 0. The number of hydrogen-bond acceptors (Lipinski definition) is 3. The van der Waals surface area contributed by atoms with Gasteiger partial charge in [-0.2, -0.15) is 5.26 Å². The van der Waals surface area contributed by atoms with Crippen LogP contribution in [0.5, 0.6) is 0 Å². The van der Waals surface area contributed by atoms with Crippen LogP contribution in [0, 0.1) is 18.3 Å². The lowest BCUT2D eigenvalue weighted by Gasteiger charge is -2.13. The van der Waals surface area contributed by atoms with Crippen molar-refractivity contribution in [1.29, 1.82) is 5.26 Å². The van der Waals surface area contributed by atoms with E-state index in [4.69, 9.17) is 5.26 Å². The minimum atomic E-state index is 0.655. The van der Waals surface area contributed by atoms with Gasteiger partial charge in [0.25, 0.3) is 0 Å². The van der Waals surface area contributed by atoms with Crippen molar-refractivity contribution in [3.8, 4) is 6.07 Å². The van der Waals surface area contributed by atoms with Crippen molar-refractivity contribution < 1.29 is 0 Å². The second-order valence-corrected chi connectivity index (χ2v) is 2.83. The highest BCUT2D eigenvalue weighted by molar-refractivity contribution is 5.56. The smallest absolute Gasteiger partial charge is 0.146 e. The van der Waals surface area contributed by atoms with Gasteiger partial charge in [0.05, 0.1) is 5.56 Å². The molecule has 0 radical (unpaired) electrons. The third-order valence-corrected chi connectivity index (χ3v) is 1.67. The van der Waals surface area contributed by atoms with Gasteiger partial charge in [-0.1, -0.05) is 0 Å². The zero-order valence-corrected chi connectivity index (χ0v) is 7.50. The largest absolute Gasteiger partial charge is 0.362 e. The standard InChI is InChI=1S/C9H11N3/c1-7-4-5-11-9(12(2)3)8(7)6-10/h4-5H,1-3H3. The number of nitrogens with zero attached hydrogens (tertiary/aromatic N) is 3. The summed E-state index contributed by atoms with van der Waals surface area (Å²) in [5, 5.41) is 8.83. The lowest BCUT2D eigenvalue weighted by Crippen LogP contribution is -2.12. The molecular weight excluding hydrogens is 150 g/mol. The van der Waals surface area contributed by atoms with Crippen molar-refractivity contribution in [2.24, 2.45) is 0 Å². The van der Waals surface area contributed by atoms with Crippen molar-refractivity contribution in [1.82, 2.24) is 4.98 Å². The summed E-state index contributed by atoms with van der Waals surface area (Å²) < 4.78 is 0. The molecule has 0 saturated heterocycles. The quantitative estimate of drug-likeness (QED) is 0.623. The number of anilines is 1. The number of aromatic nitrogens is 1. The third-order valence-electron chi connectivity index (χ3n) is 1.67. The fraction of sp³-hybridized carbons (Fsp3) is 0.333. The lowest BCUT2D eigenvalue weighted by molar-refractivity contribution is 1.05. The van der Waals surface area contributed by atoms with Gasteiger partial charge >= 0.3 is 0 Å². The molecule has 0 saturated carbocycles. The van der Waals surface area contributed by atoms with Gasteiger partial charge in [-0.05, 0) is 18.6 Å². The molecule has 62 valence electrons. The lowest BCUT2D eigenvalue weighted by atomic mass is 10.1. The number of rotatable bonds is 1. The molecule has 0 amide bonds. The van der Waals surface area contributed by atoms with Crippen LogP contribution < -0.4 is 4.90 Å². The first kappa shape index (κ1) is 8.54. The summed E-state index contributed by atoms with van der Waals surface area (Å²) in [4.78, 5) is 5.95. The van der Waals surface area contributed by atoms with Crippen LogP contribution in [0.4, 0.5) is 5.82 Å². The van der Waals surface area contributed by atoms with E-state index in [-0.39, 0.29) is 0 Å². The molecule has 0 aliphatic rings. The van der Waals surface area contributed by atoms with Gasteiger partial charge in [0, 0.05) is 20.3 Å². The van der Waals surface area contributed by atoms with Crippen molar-refractivity contribution in [2.45, 2.75) is 6.92 Å². The molecule has 0 fully saturated rings. The Morgan fingerprint density at radius 2 is 2.17 bits per heavy atom. The van der Waals surface area contributed by atoms with E-state index in [1.54, 1.807) is 6.20 Å². The first-order valence-corrected chi connectivity index (χ1v) is 3.70. The Hall–Kier alpha value is -1.56. The van der Waals surface area contributed by atoms with E-state index in [9.17, 15) is 0 Å². The fourth-order valence-corrected chi connectivity index (χ4v) is 1.02. The Kier molecular flexibility index (Phi) is 2.29. The van der Waals surface area contributed by atoms with Crippen molar-refractivity contribution in [3.63, 3.8) is 0 Å². The second-order valence-electron chi connectivity index (χ2n) is 2.83. The molecule has 1 aromatic rings. The topological polar surface area (TPSA) is 39.9 Å². The molecule has 12 heavy (non-hydrogen) atoms. The van der Waals surface area contributed by atoms with Gasteiger partial charge in [0.15, 0.2) is 0 Å². The summed E-state index contributed by atoms with van der Waals surface area (Å²) in [5.41, 5.74) is 1.62. The first-order valence-electron chi connectivity index (χ1n) is 3.70. The Morgan fingerprint density at radius 3 is 2.58 bits per heavy atom. The van der Waals surface area contributed by atoms with Gasteiger partial charge in [0.1, 0.15) is 11.9 Å². The van der Waals surface area contributed by atoms with Gasteiger partial charge < -0.3 is 4.90 Å². The van der Waals surface area contributed by atoms with Crippen molar-refractivity contribution in [3.05, 3.63) is 23.4 Å². The summed E-state index contributed by atoms with van der Waals surface area (Å²) in [6.07, 6.45) is 1.71. The Morgan fingerprint density at radius 1 is 1.50 bits per heavy atom. The fourth-order valence-electron chi connectivity index (χ4n) is 1.02. The van der Waals surface area contributed by atoms with Crippen molar-refractivity contribution >= 4 is 5.82 Å². The molecule has 0 aliphatic heterocycles. The summed E-state index contributed by atoms with van der Waals surface area (Å²) in [5.74, 6) is 0.734. The third kappa shape index (κ3) is 1.37. The molecule has 0 aliphatic carbocycles. The normalized spacial score (nSPS) is 9.17. The number of pyridine rings is 1. The van der Waals surface area contributed by atoms with Crippen LogP contribution in [-0.2, 0) is 0 Å². The molecule has 0 aromatic carbocycles. The highest BCUT2D eigenvalue weighted by Crippen LogP contribution is 2.16. The van der Waals surface area contributed by atoms with E-state index < -0.39 is 0 Å². The SMILES string of the molecule is Cc1ccnc(N(C)C)c1C#N. The number of nitriles is 1. The summed E-state index contributed by atoms with van der Waals surface area (Å²) >= 11 is 0. The minimum Gasteiger partial charge on any atom is -0.362 e. The molecule has 1 rings (SSSR count). The monoisotopic (exact) mass is 161 g/mol. The maximum atomic E-state index is 8.83. The van der Waals surface area contributed by atoms with Crippen LogP contribution >= 0.6 is 0 Å². The van der Waals surface area contributed by atoms with Crippen LogP contribution in [0.25, 0.3) is 0 Å². The molecule has 1 heterocycles. The Labute approximate surface area is 72.3 Å². The molecule has 0 spiro atoms. The maximum absolute atomic E-state index is 8.83.